The molecule has 1 atom stereocenters. The zero-order valence-electron chi connectivity index (χ0n) is 15.6. The molecule has 2 aromatic carbocycles. The Morgan fingerprint density at radius 2 is 1.69 bits per heavy atom. The minimum absolute atomic E-state index is 0.0524. The highest BCUT2D eigenvalue weighted by Crippen LogP contribution is 2.28. The standard InChI is InChI=1S/C21H25NO4/c1-5-18(16-8-10-17(24-2)11-9-16)22-21(23)13-7-15-6-12-19(25-3)20(14-15)26-4/h6-14,18H,5H2,1-4H3,(H,22,23)/b13-7+/t18-/m0/s1. The fourth-order valence-corrected chi connectivity index (χ4v) is 2.61. The minimum atomic E-state index is -0.151. The van der Waals surface area contributed by atoms with Crippen LogP contribution in [0.1, 0.15) is 30.5 Å². The van der Waals surface area contributed by atoms with Crippen molar-refractivity contribution >= 4 is 12.0 Å². The second-order valence-electron chi connectivity index (χ2n) is 5.69. The third-order valence-electron chi connectivity index (χ3n) is 4.08. The Hall–Kier alpha value is -2.95. The van der Waals surface area contributed by atoms with Crippen molar-refractivity contribution in [1.29, 1.82) is 0 Å². The summed E-state index contributed by atoms with van der Waals surface area (Å²) in [6.07, 6.45) is 4.06. The molecule has 0 heterocycles. The van der Waals surface area contributed by atoms with E-state index in [0.29, 0.717) is 11.5 Å². The number of hydrogen-bond acceptors (Lipinski definition) is 4. The first-order chi connectivity index (χ1) is 12.6. The fourth-order valence-electron chi connectivity index (χ4n) is 2.61. The maximum atomic E-state index is 12.3. The van der Waals surface area contributed by atoms with E-state index < -0.39 is 0 Å². The smallest absolute Gasteiger partial charge is 0.244 e. The van der Waals surface area contributed by atoms with E-state index in [1.165, 1.54) is 6.08 Å². The van der Waals surface area contributed by atoms with E-state index in [0.717, 1.165) is 23.3 Å². The number of carbonyl (C=O) groups excluding carboxylic acids is 1. The molecule has 0 aliphatic carbocycles. The Labute approximate surface area is 154 Å². The Morgan fingerprint density at radius 1 is 1.00 bits per heavy atom. The lowest BCUT2D eigenvalue weighted by molar-refractivity contribution is -0.117. The molecule has 0 saturated carbocycles. The number of rotatable bonds is 8. The number of ether oxygens (including phenoxy) is 3. The predicted molar refractivity (Wildman–Crippen MR) is 103 cm³/mol. The van der Waals surface area contributed by atoms with Crippen LogP contribution in [0, 0.1) is 0 Å². The van der Waals surface area contributed by atoms with Gasteiger partial charge in [-0.05, 0) is 47.9 Å². The van der Waals surface area contributed by atoms with Crippen molar-refractivity contribution in [3.8, 4) is 17.2 Å². The molecule has 0 spiro atoms. The predicted octanol–water partition coefficient (Wildman–Crippen LogP) is 3.99. The SMILES string of the molecule is CC[C@H](NC(=O)/C=C/c1ccc(OC)c(OC)c1)c1ccc(OC)cc1. The monoisotopic (exact) mass is 355 g/mol. The number of amides is 1. The molecule has 0 fully saturated rings. The summed E-state index contributed by atoms with van der Waals surface area (Å²) < 4.78 is 15.7. The van der Waals surface area contributed by atoms with E-state index in [1.807, 2.05) is 49.4 Å². The molecule has 26 heavy (non-hydrogen) atoms. The van der Waals surface area contributed by atoms with Gasteiger partial charge in [0.1, 0.15) is 5.75 Å². The Morgan fingerprint density at radius 3 is 2.27 bits per heavy atom. The molecule has 0 bridgehead atoms. The summed E-state index contributed by atoms with van der Waals surface area (Å²) in [4.78, 5) is 12.3. The molecule has 2 rings (SSSR count). The van der Waals surface area contributed by atoms with Crippen LogP contribution in [0.5, 0.6) is 17.2 Å². The number of methoxy groups -OCH3 is 3. The molecule has 0 aromatic heterocycles. The van der Waals surface area contributed by atoms with Crippen LogP contribution >= 0.6 is 0 Å². The van der Waals surface area contributed by atoms with Crippen molar-refractivity contribution in [2.75, 3.05) is 21.3 Å². The van der Waals surface area contributed by atoms with Crippen molar-refractivity contribution in [3.63, 3.8) is 0 Å². The average Bonchev–Trinajstić information content (AvgIpc) is 2.70. The zero-order valence-corrected chi connectivity index (χ0v) is 15.6. The van der Waals surface area contributed by atoms with Gasteiger partial charge in [0, 0.05) is 6.08 Å². The van der Waals surface area contributed by atoms with Crippen molar-refractivity contribution in [1.82, 2.24) is 5.32 Å². The fraction of sp³-hybridized carbons (Fsp3) is 0.286. The molecule has 0 aliphatic heterocycles. The lowest BCUT2D eigenvalue weighted by Gasteiger charge is -2.16. The van der Waals surface area contributed by atoms with Crippen LogP contribution < -0.4 is 19.5 Å². The highest BCUT2D eigenvalue weighted by atomic mass is 16.5. The van der Waals surface area contributed by atoms with Crippen LogP contribution in [0.3, 0.4) is 0 Å². The Bertz CT molecular complexity index is 753. The molecule has 0 radical (unpaired) electrons. The quantitative estimate of drug-likeness (QED) is 0.728. The van der Waals surface area contributed by atoms with Gasteiger partial charge in [-0.15, -0.1) is 0 Å². The van der Waals surface area contributed by atoms with Crippen LogP contribution in [-0.4, -0.2) is 27.2 Å². The number of benzene rings is 2. The van der Waals surface area contributed by atoms with Gasteiger partial charge in [-0.2, -0.15) is 0 Å². The molecule has 2 aromatic rings. The van der Waals surface area contributed by atoms with E-state index in [-0.39, 0.29) is 11.9 Å². The third-order valence-corrected chi connectivity index (χ3v) is 4.08. The largest absolute Gasteiger partial charge is 0.497 e. The van der Waals surface area contributed by atoms with Crippen LogP contribution in [0.25, 0.3) is 6.08 Å². The maximum absolute atomic E-state index is 12.3. The molecule has 5 nitrogen and oxygen atoms in total. The molecule has 1 amide bonds. The first-order valence-corrected chi connectivity index (χ1v) is 8.45. The van der Waals surface area contributed by atoms with E-state index in [2.05, 4.69) is 5.32 Å². The number of nitrogens with one attached hydrogen (secondary N) is 1. The van der Waals surface area contributed by atoms with Gasteiger partial charge in [-0.25, -0.2) is 0 Å². The Kier molecular flexibility index (Phi) is 7.09. The van der Waals surface area contributed by atoms with E-state index in [9.17, 15) is 4.79 Å². The first-order valence-electron chi connectivity index (χ1n) is 8.45. The van der Waals surface area contributed by atoms with E-state index in [1.54, 1.807) is 27.4 Å². The van der Waals surface area contributed by atoms with E-state index in [4.69, 9.17) is 14.2 Å². The van der Waals surface area contributed by atoms with Crippen molar-refractivity contribution < 1.29 is 19.0 Å². The second-order valence-corrected chi connectivity index (χ2v) is 5.69. The summed E-state index contributed by atoms with van der Waals surface area (Å²) in [5.41, 5.74) is 1.90. The van der Waals surface area contributed by atoms with Crippen molar-refractivity contribution in [2.24, 2.45) is 0 Å². The molecule has 0 saturated heterocycles. The second kappa shape index (κ2) is 9.51. The summed E-state index contributed by atoms with van der Waals surface area (Å²) in [6, 6.07) is 13.2. The summed E-state index contributed by atoms with van der Waals surface area (Å²) in [7, 11) is 4.80. The normalized spacial score (nSPS) is 11.8. The van der Waals surface area contributed by atoms with Crippen molar-refractivity contribution in [2.45, 2.75) is 19.4 Å². The van der Waals surface area contributed by atoms with Gasteiger partial charge < -0.3 is 19.5 Å². The number of carbonyl (C=O) groups is 1. The van der Waals surface area contributed by atoms with Gasteiger partial charge in [0.2, 0.25) is 5.91 Å². The molecule has 138 valence electrons. The molecular weight excluding hydrogens is 330 g/mol. The highest BCUT2D eigenvalue weighted by molar-refractivity contribution is 5.92. The summed E-state index contributed by atoms with van der Waals surface area (Å²) >= 11 is 0. The van der Waals surface area contributed by atoms with Crippen LogP contribution in [0.2, 0.25) is 0 Å². The summed E-state index contributed by atoms with van der Waals surface area (Å²) in [5, 5.41) is 3.02. The lowest BCUT2D eigenvalue weighted by atomic mass is 10.0. The topological polar surface area (TPSA) is 56.8 Å². The number of hydrogen-bond donors (Lipinski definition) is 1. The third kappa shape index (κ3) is 5.02. The molecule has 0 unspecified atom stereocenters. The maximum Gasteiger partial charge on any atom is 0.244 e. The van der Waals surface area contributed by atoms with E-state index >= 15 is 0 Å². The van der Waals surface area contributed by atoms with Gasteiger partial charge in [-0.1, -0.05) is 25.1 Å². The molecule has 5 heteroatoms. The van der Waals surface area contributed by atoms with Gasteiger partial charge in [0.05, 0.1) is 27.4 Å². The molecular formula is C21H25NO4. The highest BCUT2D eigenvalue weighted by Gasteiger charge is 2.11. The lowest BCUT2D eigenvalue weighted by Crippen LogP contribution is -2.26. The van der Waals surface area contributed by atoms with Gasteiger partial charge >= 0.3 is 0 Å². The van der Waals surface area contributed by atoms with Crippen LogP contribution in [-0.2, 0) is 4.79 Å². The first kappa shape index (κ1) is 19.4. The van der Waals surface area contributed by atoms with Crippen LogP contribution in [0.15, 0.2) is 48.5 Å². The van der Waals surface area contributed by atoms with Gasteiger partial charge in [-0.3, -0.25) is 4.79 Å². The average molecular weight is 355 g/mol. The van der Waals surface area contributed by atoms with Crippen LogP contribution in [0.4, 0.5) is 0 Å². The summed E-state index contributed by atoms with van der Waals surface area (Å²) in [6.45, 7) is 2.03. The molecule has 0 aliphatic rings. The molecule has 1 N–H and O–H groups in total. The van der Waals surface area contributed by atoms with Gasteiger partial charge in [0.25, 0.3) is 0 Å². The van der Waals surface area contributed by atoms with Gasteiger partial charge in [0.15, 0.2) is 11.5 Å². The van der Waals surface area contributed by atoms with Crippen molar-refractivity contribution in [3.05, 3.63) is 59.7 Å². The minimum Gasteiger partial charge on any atom is -0.497 e. The summed E-state index contributed by atoms with van der Waals surface area (Å²) in [5.74, 6) is 1.92. The zero-order chi connectivity index (χ0) is 18.9. The Balaban J connectivity index is 2.04.